The second-order valence-corrected chi connectivity index (χ2v) is 10.6. The number of nitrogens with zero attached hydrogens (tertiary/aromatic N) is 2. The quantitative estimate of drug-likeness (QED) is 0.408. The molecule has 1 aliphatic heterocycles. The van der Waals surface area contributed by atoms with Crippen LogP contribution in [0.25, 0.3) is 0 Å². The van der Waals surface area contributed by atoms with Gasteiger partial charge in [0.05, 0.1) is 0 Å². The van der Waals surface area contributed by atoms with Gasteiger partial charge in [0.25, 0.3) is 0 Å². The maximum absolute atomic E-state index is 12.7. The van der Waals surface area contributed by atoms with Gasteiger partial charge in [0.2, 0.25) is 5.91 Å². The van der Waals surface area contributed by atoms with E-state index in [2.05, 4.69) is 51.7 Å². The summed E-state index contributed by atoms with van der Waals surface area (Å²) in [5.41, 5.74) is 0. The molecule has 1 heterocycles. The van der Waals surface area contributed by atoms with E-state index in [0.717, 1.165) is 62.8 Å². The standard InChI is InChI=1S/C22H34N4OS2/c1-17(29-20-6-4-3-5-7-20)16-24-22(23-2)25-19-10-8-18(9-11-19)21(27)26-12-14-28-15-13-26/h3-7,17-19H,8-16H2,1-2H3,(H2,23,24,25). The lowest BCUT2D eigenvalue weighted by molar-refractivity contribution is -0.136. The lowest BCUT2D eigenvalue weighted by Gasteiger charge is -2.34. The number of carbonyl (C=O) groups excluding carboxylic acids is 1. The summed E-state index contributed by atoms with van der Waals surface area (Å²) < 4.78 is 0. The summed E-state index contributed by atoms with van der Waals surface area (Å²) in [7, 11) is 1.83. The predicted octanol–water partition coefficient (Wildman–Crippen LogP) is 3.47. The van der Waals surface area contributed by atoms with Crippen molar-refractivity contribution in [1.29, 1.82) is 0 Å². The molecular weight excluding hydrogens is 400 g/mol. The fraction of sp³-hybridized carbons (Fsp3) is 0.636. The van der Waals surface area contributed by atoms with Gasteiger partial charge in [-0.2, -0.15) is 11.8 Å². The molecule has 7 heteroatoms. The van der Waals surface area contributed by atoms with Gasteiger partial charge < -0.3 is 15.5 Å². The van der Waals surface area contributed by atoms with E-state index in [1.54, 1.807) is 0 Å². The molecule has 5 nitrogen and oxygen atoms in total. The minimum Gasteiger partial charge on any atom is -0.355 e. The van der Waals surface area contributed by atoms with Crippen LogP contribution in [0.2, 0.25) is 0 Å². The first kappa shape index (κ1) is 22.3. The number of nitrogens with one attached hydrogen (secondary N) is 2. The highest BCUT2D eigenvalue weighted by atomic mass is 32.2. The van der Waals surface area contributed by atoms with Crippen LogP contribution in [-0.2, 0) is 4.79 Å². The van der Waals surface area contributed by atoms with Gasteiger partial charge in [0.15, 0.2) is 5.96 Å². The third-order valence-corrected chi connectivity index (χ3v) is 7.66. The Labute approximate surface area is 183 Å². The summed E-state index contributed by atoms with van der Waals surface area (Å²) in [6.07, 6.45) is 4.04. The highest BCUT2D eigenvalue weighted by Crippen LogP contribution is 2.27. The van der Waals surface area contributed by atoms with Crippen LogP contribution in [0.15, 0.2) is 40.2 Å². The summed E-state index contributed by atoms with van der Waals surface area (Å²) in [4.78, 5) is 20.5. The first-order chi connectivity index (χ1) is 14.2. The van der Waals surface area contributed by atoms with Crippen LogP contribution < -0.4 is 10.6 Å². The van der Waals surface area contributed by atoms with Crippen molar-refractivity contribution in [3.63, 3.8) is 0 Å². The lowest BCUT2D eigenvalue weighted by atomic mass is 9.85. The van der Waals surface area contributed by atoms with E-state index in [-0.39, 0.29) is 5.92 Å². The molecule has 0 bridgehead atoms. The molecule has 1 aliphatic carbocycles. The smallest absolute Gasteiger partial charge is 0.225 e. The minimum atomic E-state index is 0.216. The van der Waals surface area contributed by atoms with Crippen LogP contribution in [0.5, 0.6) is 0 Å². The Balaban J connectivity index is 1.37. The highest BCUT2D eigenvalue weighted by molar-refractivity contribution is 8.00. The van der Waals surface area contributed by atoms with E-state index < -0.39 is 0 Å². The highest BCUT2D eigenvalue weighted by Gasteiger charge is 2.30. The van der Waals surface area contributed by atoms with Crippen LogP contribution in [0, 0.1) is 5.92 Å². The molecule has 0 aromatic heterocycles. The number of carbonyl (C=O) groups is 1. The van der Waals surface area contributed by atoms with Crippen molar-refractivity contribution in [2.24, 2.45) is 10.9 Å². The topological polar surface area (TPSA) is 56.7 Å². The van der Waals surface area contributed by atoms with Gasteiger partial charge in [0, 0.05) is 60.3 Å². The van der Waals surface area contributed by atoms with Crippen LogP contribution in [0.1, 0.15) is 32.6 Å². The van der Waals surface area contributed by atoms with E-state index in [9.17, 15) is 4.79 Å². The van der Waals surface area contributed by atoms with Crippen molar-refractivity contribution in [2.75, 3.05) is 38.2 Å². The molecule has 3 rings (SSSR count). The lowest BCUT2D eigenvalue weighted by Crippen LogP contribution is -2.48. The van der Waals surface area contributed by atoms with E-state index in [0.29, 0.717) is 17.2 Å². The summed E-state index contributed by atoms with van der Waals surface area (Å²) in [5.74, 6) is 3.65. The van der Waals surface area contributed by atoms with E-state index in [1.807, 2.05) is 36.6 Å². The first-order valence-corrected chi connectivity index (χ1v) is 12.7. The Kier molecular flexibility index (Phi) is 9.05. The van der Waals surface area contributed by atoms with Crippen molar-refractivity contribution in [3.8, 4) is 0 Å². The first-order valence-electron chi connectivity index (χ1n) is 10.7. The number of hydrogen-bond donors (Lipinski definition) is 2. The van der Waals surface area contributed by atoms with Crippen molar-refractivity contribution < 1.29 is 4.79 Å². The summed E-state index contributed by atoms with van der Waals surface area (Å²) in [6.45, 7) is 4.95. The van der Waals surface area contributed by atoms with E-state index >= 15 is 0 Å². The number of hydrogen-bond acceptors (Lipinski definition) is 4. The van der Waals surface area contributed by atoms with E-state index in [1.165, 1.54) is 4.90 Å². The van der Waals surface area contributed by atoms with Crippen molar-refractivity contribution >= 4 is 35.4 Å². The molecule has 160 valence electrons. The van der Waals surface area contributed by atoms with Gasteiger partial charge >= 0.3 is 0 Å². The summed E-state index contributed by atoms with van der Waals surface area (Å²) in [6, 6.07) is 10.9. The van der Waals surface area contributed by atoms with Crippen molar-refractivity contribution in [1.82, 2.24) is 15.5 Å². The zero-order chi connectivity index (χ0) is 20.5. The normalized spacial score (nSPS) is 24.1. The Morgan fingerprint density at radius 2 is 1.90 bits per heavy atom. The fourth-order valence-corrected chi connectivity index (χ4v) is 5.78. The Morgan fingerprint density at radius 3 is 2.55 bits per heavy atom. The predicted molar refractivity (Wildman–Crippen MR) is 126 cm³/mol. The van der Waals surface area contributed by atoms with Gasteiger partial charge in [-0.25, -0.2) is 0 Å². The number of aliphatic imine (C=N–C) groups is 1. The molecular formula is C22H34N4OS2. The average Bonchev–Trinajstić information content (AvgIpc) is 2.78. The maximum atomic E-state index is 12.7. The monoisotopic (exact) mass is 434 g/mol. The Hall–Kier alpha value is -1.34. The van der Waals surface area contributed by atoms with Gasteiger partial charge in [-0.15, -0.1) is 11.8 Å². The van der Waals surface area contributed by atoms with Crippen LogP contribution in [-0.4, -0.2) is 66.2 Å². The van der Waals surface area contributed by atoms with Gasteiger partial charge in [-0.05, 0) is 37.8 Å². The second kappa shape index (κ2) is 11.7. The molecule has 1 aromatic rings. The molecule has 1 amide bonds. The Bertz CT molecular complexity index is 656. The molecule has 0 spiro atoms. The molecule has 1 aromatic carbocycles. The number of rotatable bonds is 6. The number of thioether (sulfide) groups is 2. The van der Waals surface area contributed by atoms with Crippen LogP contribution in [0.4, 0.5) is 0 Å². The third-order valence-electron chi connectivity index (χ3n) is 5.60. The van der Waals surface area contributed by atoms with Crippen LogP contribution >= 0.6 is 23.5 Å². The Morgan fingerprint density at radius 1 is 1.21 bits per heavy atom. The molecule has 1 saturated heterocycles. The molecule has 1 atom stereocenters. The average molecular weight is 435 g/mol. The third kappa shape index (κ3) is 7.14. The molecule has 0 radical (unpaired) electrons. The van der Waals surface area contributed by atoms with Gasteiger partial charge in [-0.3, -0.25) is 9.79 Å². The minimum absolute atomic E-state index is 0.216. The molecule has 2 aliphatic rings. The molecule has 29 heavy (non-hydrogen) atoms. The number of guanidine groups is 1. The maximum Gasteiger partial charge on any atom is 0.225 e. The molecule has 2 fully saturated rings. The van der Waals surface area contributed by atoms with E-state index in [4.69, 9.17) is 0 Å². The van der Waals surface area contributed by atoms with Crippen molar-refractivity contribution in [3.05, 3.63) is 30.3 Å². The summed E-state index contributed by atoms with van der Waals surface area (Å²) >= 11 is 3.82. The molecule has 2 N–H and O–H groups in total. The zero-order valence-electron chi connectivity index (χ0n) is 17.6. The van der Waals surface area contributed by atoms with Gasteiger partial charge in [0.1, 0.15) is 0 Å². The van der Waals surface area contributed by atoms with Crippen molar-refractivity contribution in [2.45, 2.75) is 48.8 Å². The zero-order valence-corrected chi connectivity index (χ0v) is 19.2. The fourth-order valence-electron chi connectivity index (χ4n) is 3.93. The number of benzene rings is 1. The SMILES string of the molecule is CN=C(NCC(C)Sc1ccccc1)NC1CCC(C(=O)N2CCSCC2)CC1. The second-order valence-electron chi connectivity index (χ2n) is 7.83. The molecule has 1 unspecified atom stereocenters. The molecule has 1 saturated carbocycles. The number of amides is 1. The van der Waals surface area contributed by atoms with Crippen LogP contribution in [0.3, 0.4) is 0 Å². The van der Waals surface area contributed by atoms with Gasteiger partial charge in [-0.1, -0.05) is 25.1 Å². The summed E-state index contributed by atoms with van der Waals surface area (Å²) in [5, 5.41) is 7.48. The largest absolute Gasteiger partial charge is 0.355 e.